The lowest BCUT2D eigenvalue weighted by Gasteiger charge is -2.31. The third kappa shape index (κ3) is 5.66. The molecule has 33 heavy (non-hydrogen) atoms. The Labute approximate surface area is 195 Å². The van der Waals surface area contributed by atoms with Crippen molar-refractivity contribution in [3.05, 3.63) is 59.7 Å². The third-order valence-corrected chi connectivity index (χ3v) is 6.72. The van der Waals surface area contributed by atoms with Gasteiger partial charge in [0.25, 0.3) is 5.91 Å². The van der Waals surface area contributed by atoms with Crippen LogP contribution in [0.25, 0.3) is 0 Å². The van der Waals surface area contributed by atoms with Crippen molar-refractivity contribution in [2.75, 3.05) is 26.7 Å². The van der Waals surface area contributed by atoms with Gasteiger partial charge in [0.05, 0.1) is 5.54 Å². The van der Waals surface area contributed by atoms with Crippen LogP contribution in [0.5, 0.6) is 11.5 Å². The summed E-state index contributed by atoms with van der Waals surface area (Å²) >= 11 is 0. The summed E-state index contributed by atoms with van der Waals surface area (Å²) in [7, 11) is 1.60. The number of hydrogen-bond acceptors (Lipinski definition) is 5. The highest BCUT2D eigenvalue weighted by atomic mass is 16.6. The first-order valence-electron chi connectivity index (χ1n) is 11.7. The van der Waals surface area contributed by atoms with Crippen LogP contribution in [0.1, 0.15) is 49.0 Å². The number of carbonyl (C=O) groups is 2. The highest BCUT2D eigenvalue weighted by Crippen LogP contribution is 2.30. The fourth-order valence-corrected chi connectivity index (χ4v) is 4.64. The van der Waals surface area contributed by atoms with Gasteiger partial charge in [-0.05, 0) is 94.1 Å². The van der Waals surface area contributed by atoms with E-state index in [0.29, 0.717) is 23.0 Å². The quantitative estimate of drug-likeness (QED) is 0.685. The second-order valence-electron chi connectivity index (χ2n) is 9.39. The van der Waals surface area contributed by atoms with Gasteiger partial charge >= 0.3 is 6.09 Å². The minimum atomic E-state index is -0.586. The Kier molecular flexibility index (Phi) is 6.88. The molecular formula is C26H33N3O4. The second-order valence-corrected chi connectivity index (χ2v) is 9.39. The van der Waals surface area contributed by atoms with E-state index in [0.717, 1.165) is 44.5 Å². The molecule has 0 saturated carbocycles. The summed E-state index contributed by atoms with van der Waals surface area (Å²) in [6.45, 7) is 7.17. The van der Waals surface area contributed by atoms with Crippen molar-refractivity contribution in [3.8, 4) is 11.5 Å². The van der Waals surface area contributed by atoms with Gasteiger partial charge in [-0.25, -0.2) is 4.79 Å². The summed E-state index contributed by atoms with van der Waals surface area (Å²) in [5.74, 6) is 1.65. The topological polar surface area (TPSA) is 79.9 Å². The molecular weight excluding hydrogens is 418 g/mol. The van der Waals surface area contributed by atoms with Crippen LogP contribution in [-0.4, -0.2) is 49.7 Å². The zero-order valence-electron chi connectivity index (χ0n) is 19.6. The molecule has 2 aromatic rings. The molecule has 2 N–H and O–H groups in total. The van der Waals surface area contributed by atoms with Crippen LogP contribution < -0.4 is 15.4 Å². The smallest absolute Gasteiger partial charge is 0.408 e. The molecule has 7 nitrogen and oxygen atoms in total. The molecule has 2 bridgehead atoms. The van der Waals surface area contributed by atoms with Crippen molar-refractivity contribution in [2.45, 2.75) is 44.8 Å². The van der Waals surface area contributed by atoms with Crippen molar-refractivity contribution in [2.24, 2.45) is 5.92 Å². The SMILES string of the molecule is CNC(=O)c1ccc(Oc2ccc(C(C)(C)NC(=O)OC3CCN4CCC3CC4)cc2)cc1. The van der Waals surface area contributed by atoms with E-state index < -0.39 is 5.54 Å². The van der Waals surface area contributed by atoms with E-state index in [1.54, 1.807) is 31.3 Å². The zero-order valence-corrected chi connectivity index (χ0v) is 19.6. The van der Waals surface area contributed by atoms with Gasteiger partial charge in [-0.2, -0.15) is 0 Å². The van der Waals surface area contributed by atoms with Crippen molar-refractivity contribution in [1.29, 1.82) is 0 Å². The summed E-state index contributed by atoms with van der Waals surface area (Å²) < 4.78 is 11.8. The zero-order chi connectivity index (χ0) is 23.4. The van der Waals surface area contributed by atoms with Crippen LogP contribution in [0.3, 0.4) is 0 Å². The summed E-state index contributed by atoms with van der Waals surface area (Å²) in [6, 6.07) is 14.6. The average Bonchev–Trinajstić information content (AvgIpc) is 3.12. The van der Waals surface area contributed by atoms with Gasteiger partial charge in [0.15, 0.2) is 0 Å². The van der Waals surface area contributed by atoms with Crippen LogP contribution in [0.15, 0.2) is 48.5 Å². The number of hydrogen-bond donors (Lipinski definition) is 2. The third-order valence-electron chi connectivity index (χ3n) is 6.72. The molecule has 0 aliphatic carbocycles. The normalized spacial score (nSPS) is 22.2. The Morgan fingerprint density at radius 3 is 2.09 bits per heavy atom. The fourth-order valence-electron chi connectivity index (χ4n) is 4.64. The average molecular weight is 452 g/mol. The van der Waals surface area contributed by atoms with Gasteiger partial charge in [-0.1, -0.05) is 12.1 Å². The van der Waals surface area contributed by atoms with Crippen molar-refractivity contribution in [3.63, 3.8) is 0 Å². The molecule has 3 fully saturated rings. The number of benzene rings is 2. The van der Waals surface area contributed by atoms with E-state index in [1.807, 2.05) is 38.1 Å². The van der Waals surface area contributed by atoms with Gasteiger partial charge in [0.2, 0.25) is 0 Å². The van der Waals surface area contributed by atoms with Crippen molar-refractivity contribution >= 4 is 12.0 Å². The summed E-state index contributed by atoms with van der Waals surface area (Å²) in [5, 5.41) is 5.63. The van der Waals surface area contributed by atoms with E-state index in [9.17, 15) is 9.59 Å². The van der Waals surface area contributed by atoms with E-state index in [-0.39, 0.29) is 18.1 Å². The predicted molar refractivity (Wildman–Crippen MR) is 127 cm³/mol. The Morgan fingerprint density at radius 1 is 0.909 bits per heavy atom. The van der Waals surface area contributed by atoms with E-state index >= 15 is 0 Å². The van der Waals surface area contributed by atoms with Crippen molar-refractivity contribution < 1.29 is 19.1 Å². The Bertz CT molecular complexity index is 964. The summed E-state index contributed by atoms with van der Waals surface area (Å²) in [5.41, 5.74) is 0.945. The molecule has 5 rings (SSSR count). The fraction of sp³-hybridized carbons (Fsp3) is 0.462. The predicted octanol–water partition coefficient (Wildman–Crippen LogP) is 4.28. The minimum Gasteiger partial charge on any atom is -0.457 e. The van der Waals surface area contributed by atoms with Crippen LogP contribution in [0.4, 0.5) is 4.79 Å². The molecule has 0 aromatic heterocycles. The monoisotopic (exact) mass is 451 g/mol. The second kappa shape index (κ2) is 9.83. The Morgan fingerprint density at radius 2 is 1.48 bits per heavy atom. The molecule has 7 heteroatoms. The molecule has 1 atom stereocenters. The van der Waals surface area contributed by atoms with Crippen molar-refractivity contribution in [1.82, 2.24) is 15.5 Å². The number of fused-ring (bicyclic) bond motifs is 4. The number of rotatable bonds is 6. The lowest BCUT2D eigenvalue weighted by Crippen LogP contribution is -2.43. The standard InChI is InChI=1S/C26H33N3O4/c1-26(2,28-25(31)33-23-14-17-29-15-12-18(23)13-16-29)20-6-10-22(11-7-20)32-21-8-4-19(5-9-21)24(30)27-3/h4-11,18,23H,12-17H2,1-3H3,(H,27,30)(H,28,31). The van der Waals surface area contributed by atoms with Crippen LogP contribution in [0, 0.1) is 5.92 Å². The number of alkyl carbamates (subject to hydrolysis) is 1. The summed E-state index contributed by atoms with van der Waals surface area (Å²) in [4.78, 5) is 26.8. The first kappa shape index (κ1) is 23.1. The molecule has 0 spiro atoms. The molecule has 3 saturated heterocycles. The van der Waals surface area contributed by atoms with Crippen LogP contribution in [0.2, 0.25) is 0 Å². The van der Waals surface area contributed by atoms with Gasteiger partial charge in [-0.15, -0.1) is 0 Å². The van der Waals surface area contributed by atoms with Gasteiger partial charge in [0.1, 0.15) is 17.6 Å². The van der Waals surface area contributed by atoms with Gasteiger partial charge in [0, 0.05) is 19.2 Å². The maximum Gasteiger partial charge on any atom is 0.408 e. The largest absolute Gasteiger partial charge is 0.457 e. The number of carbonyl (C=O) groups excluding carboxylic acids is 2. The number of nitrogens with one attached hydrogen (secondary N) is 2. The molecule has 1 unspecified atom stereocenters. The van der Waals surface area contributed by atoms with E-state index in [1.165, 1.54) is 0 Å². The van der Waals surface area contributed by atoms with Gasteiger partial charge < -0.3 is 25.0 Å². The maximum absolute atomic E-state index is 12.7. The Balaban J connectivity index is 1.34. The number of piperidine rings is 1. The molecule has 2 amide bonds. The van der Waals surface area contributed by atoms with Gasteiger partial charge in [-0.3, -0.25) is 4.79 Å². The lowest BCUT2D eigenvalue weighted by atomic mass is 9.92. The van der Waals surface area contributed by atoms with E-state index in [2.05, 4.69) is 15.5 Å². The summed E-state index contributed by atoms with van der Waals surface area (Å²) in [6.07, 6.45) is 2.77. The minimum absolute atomic E-state index is 0.00105. The first-order valence-corrected chi connectivity index (χ1v) is 11.7. The number of amides is 2. The number of nitrogens with zero attached hydrogens (tertiary/aromatic N) is 1. The maximum atomic E-state index is 12.7. The highest BCUT2D eigenvalue weighted by Gasteiger charge is 2.34. The lowest BCUT2D eigenvalue weighted by molar-refractivity contribution is 0.0514. The first-order chi connectivity index (χ1) is 15.8. The Hall–Kier alpha value is -3.06. The van der Waals surface area contributed by atoms with Crippen LogP contribution in [-0.2, 0) is 10.3 Å². The molecule has 176 valence electrons. The highest BCUT2D eigenvalue weighted by molar-refractivity contribution is 5.94. The number of ether oxygens (including phenoxy) is 2. The molecule has 3 heterocycles. The molecule has 3 aliphatic rings. The van der Waals surface area contributed by atoms with Crippen LogP contribution >= 0.6 is 0 Å². The molecule has 2 aromatic carbocycles. The van der Waals surface area contributed by atoms with E-state index in [4.69, 9.17) is 9.47 Å². The molecule has 0 radical (unpaired) electrons. The molecule has 3 aliphatic heterocycles.